The molecule has 0 radical (unpaired) electrons. The molecule has 148 valence electrons. The number of alkyl halides is 1. The maximum atomic E-state index is 14.0. The number of ether oxygens (including phenoxy) is 1. The molecule has 0 aromatic heterocycles. The highest BCUT2D eigenvalue weighted by Gasteiger charge is 2.41. The van der Waals surface area contributed by atoms with E-state index in [4.69, 9.17) is 4.74 Å². The number of halogens is 1. The van der Waals surface area contributed by atoms with Crippen molar-refractivity contribution in [1.82, 2.24) is 31.7 Å². The highest BCUT2D eigenvalue weighted by molar-refractivity contribution is 5.83. The molecule has 3 fully saturated rings. The molecule has 0 aromatic rings. The second-order valence-corrected chi connectivity index (χ2v) is 7.23. The number of hydrazine groups is 1. The zero-order chi connectivity index (χ0) is 18.7. The summed E-state index contributed by atoms with van der Waals surface area (Å²) >= 11 is 0. The maximum Gasteiger partial charge on any atom is 0.312 e. The largest absolute Gasteiger partial charge is 0.469 e. The second-order valence-electron chi connectivity index (χ2n) is 7.23. The van der Waals surface area contributed by atoms with Crippen LogP contribution in [0.3, 0.4) is 0 Å². The van der Waals surface area contributed by atoms with Crippen molar-refractivity contribution in [3.63, 3.8) is 0 Å². The van der Waals surface area contributed by atoms with Gasteiger partial charge in [-0.2, -0.15) is 0 Å². The zero-order valence-corrected chi connectivity index (χ0v) is 15.3. The molecule has 6 unspecified atom stereocenters. The first kappa shape index (κ1) is 19.4. The first-order valence-corrected chi connectivity index (χ1v) is 9.23. The van der Waals surface area contributed by atoms with Gasteiger partial charge < -0.3 is 15.4 Å². The number of carbonyl (C=O) groups excluding carboxylic acids is 2. The molecule has 0 saturated carbocycles. The van der Waals surface area contributed by atoms with E-state index in [2.05, 4.69) is 31.7 Å². The molecule has 0 bridgehead atoms. The summed E-state index contributed by atoms with van der Waals surface area (Å²) in [5, 5.41) is 9.11. The molecule has 3 saturated heterocycles. The van der Waals surface area contributed by atoms with Crippen LogP contribution < -0.4 is 26.8 Å². The number of carbonyl (C=O) groups is 2. The zero-order valence-electron chi connectivity index (χ0n) is 15.3. The van der Waals surface area contributed by atoms with Crippen molar-refractivity contribution in [3.05, 3.63) is 0 Å². The molecule has 0 aromatic carbocycles. The minimum Gasteiger partial charge on any atom is -0.469 e. The van der Waals surface area contributed by atoms with Gasteiger partial charge in [-0.3, -0.25) is 19.8 Å². The number of amides is 1. The quantitative estimate of drug-likeness (QED) is 0.375. The van der Waals surface area contributed by atoms with E-state index in [1.807, 2.05) is 0 Å². The third-order valence-corrected chi connectivity index (χ3v) is 5.47. The van der Waals surface area contributed by atoms with E-state index in [0.717, 1.165) is 26.2 Å². The van der Waals surface area contributed by atoms with Gasteiger partial charge in [0.25, 0.3) is 0 Å². The third kappa shape index (κ3) is 4.32. The Morgan fingerprint density at radius 2 is 2.08 bits per heavy atom. The number of methoxy groups -OCH3 is 1. The molecule has 5 N–H and O–H groups in total. The molecule has 3 aliphatic heterocycles. The molecular weight excluding hydrogens is 343 g/mol. The summed E-state index contributed by atoms with van der Waals surface area (Å²) in [5.41, 5.74) is 6.26. The summed E-state index contributed by atoms with van der Waals surface area (Å²) in [5.74, 6) is -1.48. The van der Waals surface area contributed by atoms with Crippen LogP contribution in [0, 0.1) is 5.92 Å². The summed E-state index contributed by atoms with van der Waals surface area (Å²) in [4.78, 5) is 26.8. The van der Waals surface area contributed by atoms with Gasteiger partial charge in [-0.05, 0) is 26.2 Å². The van der Waals surface area contributed by atoms with Gasteiger partial charge in [0.1, 0.15) is 12.2 Å². The van der Waals surface area contributed by atoms with E-state index < -0.39 is 36.3 Å². The molecule has 3 heterocycles. The molecule has 26 heavy (non-hydrogen) atoms. The minimum absolute atomic E-state index is 0.0339. The van der Waals surface area contributed by atoms with E-state index in [9.17, 15) is 14.0 Å². The van der Waals surface area contributed by atoms with Gasteiger partial charge in [-0.25, -0.2) is 15.2 Å². The predicted octanol–water partition coefficient (Wildman–Crippen LogP) is -1.62. The van der Waals surface area contributed by atoms with Crippen molar-refractivity contribution in [2.75, 3.05) is 26.9 Å². The summed E-state index contributed by atoms with van der Waals surface area (Å²) < 4.78 is 18.7. The number of hydrogen-bond acceptors (Lipinski definition) is 8. The molecule has 6 atom stereocenters. The van der Waals surface area contributed by atoms with Crippen molar-refractivity contribution >= 4 is 11.9 Å². The normalized spacial score (nSPS) is 38.7. The van der Waals surface area contributed by atoms with Crippen LogP contribution in [-0.4, -0.2) is 74.2 Å². The molecule has 3 rings (SSSR count). The number of nitrogens with one attached hydrogen (secondary N) is 5. The topological polar surface area (TPSA) is 107 Å². The maximum absolute atomic E-state index is 14.0. The molecule has 0 aliphatic carbocycles. The number of esters is 1. The lowest BCUT2D eigenvalue weighted by Gasteiger charge is -2.39. The number of nitrogens with zero attached hydrogens (tertiary/aromatic N) is 1. The first-order chi connectivity index (χ1) is 12.5. The lowest BCUT2D eigenvalue weighted by Crippen LogP contribution is -2.66. The van der Waals surface area contributed by atoms with Crippen LogP contribution in [0.2, 0.25) is 0 Å². The van der Waals surface area contributed by atoms with Gasteiger partial charge in [0.05, 0.1) is 25.4 Å². The smallest absolute Gasteiger partial charge is 0.312 e. The Bertz CT molecular complexity index is 510. The molecular formula is C16H29FN6O3. The highest BCUT2D eigenvalue weighted by Crippen LogP contribution is 2.23. The fraction of sp³-hybridized carbons (Fsp3) is 0.875. The Hall–Kier alpha value is -1.33. The van der Waals surface area contributed by atoms with Crippen LogP contribution in [-0.2, 0) is 14.3 Å². The van der Waals surface area contributed by atoms with Gasteiger partial charge in [-0.1, -0.05) is 0 Å². The van der Waals surface area contributed by atoms with Crippen LogP contribution in [0.25, 0.3) is 0 Å². The SMILES string of the molecule is COC(=O)C1CC(F)C(C)NC1NC(=O)C1CCC(N2CCNC2)NN1. The van der Waals surface area contributed by atoms with Crippen molar-refractivity contribution in [2.24, 2.45) is 5.92 Å². The average Bonchev–Trinajstić information content (AvgIpc) is 3.18. The van der Waals surface area contributed by atoms with Crippen molar-refractivity contribution < 1.29 is 18.7 Å². The Morgan fingerprint density at radius 3 is 2.69 bits per heavy atom. The molecule has 1 amide bonds. The lowest BCUT2D eigenvalue weighted by molar-refractivity contribution is -0.149. The van der Waals surface area contributed by atoms with Gasteiger partial charge in [0.2, 0.25) is 5.91 Å². The van der Waals surface area contributed by atoms with Crippen molar-refractivity contribution in [3.8, 4) is 0 Å². The van der Waals surface area contributed by atoms with Gasteiger partial charge in [0, 0.05) is 25.8 Å². The monoisotopic (exact) mass is 372 g/mol. The Kier molecular flexibility index (Phi) is 6.41. The number of rotatable bonds is 4. The molecule has 9 nitrogen and oxygen atoms in total. The fourth-order valence-corrected chi connectivity index (χ4v) is 3.79. The molecule has 0 spiro atoms. The predicted molar refractivity (Wildman–Crippen MR) is 92.2 cm³/mol. The van der Waals surface area contributed by atoms with Crippen LogP contribution in [0.5, 0.6) is 0 Å². The van der Waals surface area contributed by atoms with Gasteiger partial charge in [0.15, 0.2) is 0 Å². The van der Waals surface area contributed by atoms with Crippen LogP contribution >= 0.6 is 0 Å². The third-order valence-electron chi connectivity index (χ3n) is 5.47. The van der Waals surface area contributed by atoms with E-state index in [1.54, 1.807) is 6.92 Å². The van der Waals surface area contributed by atoms with Crippen LogP contribution in [0.4, 0.5) is 4.39 Å². The summed E-state index contributed by atoms with van der Waals surface area (Å²) in [6.45, 7) is 4.49. The van der Waals surface area contributed by atoms with Crippen molar-refractivity contribution in [2.45, 2.75) is 56.8 Å². The Balaban J connectivity index is 1.53. The van der Waals surface area contributed by atoms with Gasteiger partial charge >= 0.3 is 5.97 Å². The van der Waals surface area contributed by atoms with Crippen molar-refractivity contribution in [1.29, 1.82) is 0 Å². The summed E-state index contributed by atoms with van der Waals surface area (Å²) in [6.07, 6.45) is -0.0510. The number of hydrogen-bond donors (Lipinski definition) is 5. The van der Waals surface area contributed by atoms with E-state index in [-0.39, 0.29) is 18.5 Å². The Labute approximate surface area is 152 Å². The summed E-state index contributed by atoms with van der Waals surface area (Å²) in [6, 6.07) is -0.842. The van der Waals surface area contributed by atoms with Crippen LogP contribution in [0.15, 0.2) is 0 Å². The molecule has 3 aliphatic rings. The number of piperidine rings is 1. The second kappa shape index (κ2) is 8.57. The standard InChI is InChI=1S/C16H29FN6O3/c1-9-11(17)7-10(16(25)26-2)14(19-9)20-15(24)12-3-4-13(22-21-12)23-6-5-18-8-23/h9-14,18-19,21-22H,3-8H2,1-2H3,(H,20,24). The lowest BCUT2D eigenvalue weighted by atomic mass is 9.90. The first-order valence-electron chi connectivity index (χ1n) is 9.23. The van der Waals surface area contributed by atoms with Crippen LogP contribution in [0.1, 0.15) is 26.2 Å². The van der Waals surface area contributed by atoms with E-state index >= 15 is 0 Å². The van der Waals surface area contributed by atoms with E-state index in [0.29, 0.717) is 6.42 Å². The van der Waals surface area contributed by atoms with E-state index in [1.165, 1.54) is 7.11 Å². The molecule has 10 heteroatoms. The average molecular weight is 372 g/mol. The highest BCUT2D eigenvalue weighted by atomic mass is 19.1. The van der Waals surface area contributed by atoms with Gasteiger partial charge in [-0.15, -0.1) is 0 Å². The Morgan fingerprint density at radius 1 is 1.27 bits per heavy atom. The minimum atomic E-state index is -1.16. The summed E-state index contributed by atoms with van der Waals surface area (Å²) in [7, 11) is 1.27. The fourth-order valence-electron chi connectivity index (χ4n) is 3.79.